The summed E-state index contributed by atoms with van der Waals surface area (Å²) in [6.45, 7) is 4.88. The van der Waals surface area contributed by atoms with Crippen LogP contribution in [0.4, 0.5) is 5.95 Å². The Morgan fingerprint density at radius 2 is 2.00 bits per heavy atom. The van der Waals surface area contributed by atoms with Gasteiger partial charge in [0.15, 0.2) is 0 Å². The summed E-state index contributed by atoms with van der Waals surface area (Å²) in [5, 5.41) is 6.29. The van der Waals surface area contributed by atoms with Gasteiger partial charge in [0.1, 0.15) is 5.69 Å². The van der Waals surface area contributed by atoms with E-state index in [1.807, 2.05) is 4.90 Å². The van der Waals surface area contributed by atoms with E-state index in [4.69, 9.17) is 0 Å². The van der Waals surface area contributed by atoms with E-state index in [0.717, 1.165) is 64.7 Å². The van der Waals surface area contributed by atoms with E-state index in [1.165, 1.54) is 0 Å². The summed E-state index contributed by atoms with van der Waals surface area (Å²) < 4.78 is 0. The normalized spacial score (nSPS) is 25.1. The first-order valence-electron chi connectivity index (χ1n) is 10.6. The van der Waals surface area contributed by atoms with Crippen LogP contribution < -0.4 is 15.5 Å². The number of aromatic nitrogens is 2. The van der Waals surface area contributed by atoms with Gasteiger partial charge in [-0.05, 0) is 57.1 Å². The van der Waals surface area contributed by atoms with Gasteiger partial charge in [-0.1, -0.05) is 0 Å². The van der Waals surface area contributed by atoms with Gasteiger partial charge >= 0.3 is 0 Å². The number of nitrogens with one attached hydrogen (secondary N) is 2. The fraction of sp³-hybridized carbons (Fsp3) is 0.700. The smallest absolute Gasteiger partial charge is 0.272 e. The van der Waals surface area contributed by atoms with Crippen LogP contribution in [0.1, 0.15) is 49.0 Å². The first-order valence-corrected chi connectivity index (χ1v) is 10.6. The fourth-order valence-electron chi connectivity index (χ4n) is 4.39. The zero-order valence-electron chi connectivity index (χ0n) is 16.4. The molecule has 1 aromatic rings. The molecule has 2 unspecified atom stereocenters. The van der Waals surface area contributed by atoms with Crippen molar-refractivity contribution in [3.63, 3.8) is 0 Å². The molecule has 2 atom stereocenters. The molecule has 0 bridgehead atoms. The van der Waals surface area contributed by atoms with Crippen LogP contribution in [-0.4, -0.2) is 72.0 Å². The Bertz CT molecular complexity index is 700. The minimum atomic E-state index is -0.0497. The Morgan fingerprint density at radius 1 is 1.14 bits per heavy atom. The Morgan fingerprint density at radius 3 is 2.79 bits per heavy atom. The molecule has 2 amide bonds. The molecule has 8 nitrogen and oxygen atoms in total. The van der Waals surface area contributed by atoms with E-state index in [0.29, 0.717) is 30.6 Å². The lowest BCUT2D eigenvalue weighted by atomic mass is 9.97. The summed E-state index contributed by atoms with van der Waals surface area (Å²) in [7, 11) is 0. The number of rotatable bonds is 5. The highest BCUT2D eigenvalue weighted by Crippen LogP contribution is 2.20. The van der Waals surface area contributed by atoms with Gasteiger partial charge in [0.2, 0.25) is 11.9 Å². The molecule has 3 aliphatic rings. The van der Waals surface area contributed by atoms with Crippen LogP contribution in [0.15, 0.2) is 12.3 Å². The van der Waals surface area contributed by atoms with Crippen molar-refractivity contribution in [3.05, 3.63) is 18.0 Å². The highest BCUT2D eigenvalue weighted by atomic mass is 16.2. The zero-order valence-corrected chi connectivity index (χ0v) is 16.4. The first-order chi connectivity index (χ1) is 13.7. The molecule has 0 saturated carbocycles. The number of hydrogen-bond donors (Lipinski definition) is 2. The molecule has 1 aromatic heterocycles. The van der Waals surface area contributed by atoms with E-state index < -0.39 is 0 Å². The van der Waals surface area contributed by atoms with Crippen molar-refractivity contribution in [1.29, 1.82) is 0 Å². The van der Waals surface area contributed by atoms with Crippen LogP contribution in [-0.2, 0) is 4.79 Å². The standard InChI is InChI=1S/C20H30N6O2/c27-18(16-6-3-8-21-16)23-13-15-5-4-12-26(14-15)19(28)17-7-9-22-20(24-17)25-10-1-2-11-25/h7,9,15-16,21H,1-6,8,10-14H2,(H,23,27). The van der Waals surface area contributed by atoms with Crippen molar-refractivity contribution in [2.45, 2.75) is 44.6 Å². The minimum Gasteiger partial charge on any atom is -0.354 e. The molecule has 28 heavy (non-hydrogen) atoms. The van der Waals surface area contributed by atoms with Crippen molar-refractivity contribution in [2.24, 2.45) is 5.92 Å². The lowest BCUT2D eigenvalue weighted by molar-refractivity contribution is -0.123. The quantitative estimate of drug-likeness (QED) is 0.778. The van der Waals surface area contributed by atoms with Crippen molar-refractivity contribution < 1.29 is 9.59 Å². The highest BCUT2D eigenvalue weighted by molar-refractivity contribution is 5.92. The maximum absolute atomic E-state index is 13.0. The van der Waals surface area contributed by atoms with Gasteiger partial charge in [0.05, 0.1) is 6.04 Å². The van der Waals surface area contributed by atoms with Gasteiger partial charge in [0.25, 0.3) is 5.91 Å². The lowest BCUT2D eigenvalue weighted by Crippen LogP contribution is -2.46. The maximum atomic E-state index is 13.0. The zero-order chi connectivity index (χ0) is 19.3. The summed E-state index contributed by atoms with van der Waals surface area (Å²) in [6.07, 6.45) is 7.94. The molecule has 0 aliphatic carbocycles. The van der Waals surface area contributed by atoms with E-state index in [2.05, 4.69) is 25.5 Å². The van der Waals surface area contributed by atoms with Gasteiger partial charge in [-0.25, -0.2) is 9.97 Å². The molecule has 0 radical (unpaired) electrons. The molecule has 8 heteroatoms. The highest BCUT2D eigenvalue weighted by Gasteiger charge is 2.28. The number of anilines is 1. The third kappa shape index (κ3) is 4.43. The second-order valence-electron chi connectivity index (χ2n) is 8.09. The number of hydrogen-bond acceptors (Lipinski definition) is 6. The Labute approximate surface area is 166 Å². The summed E-state index contributed by atoms with van der Waals surface area (Å²) >= 11 is 0. The second-order valence-corrected chi connectivity index (χ2v) is 8.09. The molecule has 4 heterocycles. The number of carbonyl (C=O) groups is 2. The van der Waals surface area contributed by atoms with E-state index >= 15 is 0 Å². The summed E-state index contributed by atoms with van der Waals surface area (Å²) in [5.41, 5.74) is 0.469. The van der Waals surface area contributed by atoms with Crippen LogP contribution in [0, 0.1) is 5.92 Å². The van der Waals surface area contributed by atoms with Gasteiger partial charge in [-0.3, -0.25) is 9.59 Å². The van der Waals surface area contributed by atoms with Gasteiger partial charge < -0.3 is 20.4 Å². The third-order valence-electron chi connectivity index (χ3n) is 6.00. The molecule has 152 valence electrons. The molecule has 4 rings (SSSR count). The molecular formula is C20H30N6O2. The van der Waals surface area contributed by atoms with Crippen molar-refractivity contribution >= 4 is 17.8 Å². The van der Waals surface area contributed by atoms with Gasteiger partial charge in [-0.15, -0.1) is 0 Å². The predicted octanol–water partition coefficient (Wildman–Crippen LogP) is 0.797. The summed E-state index contributed by atoms with van der Waals surface area (Å²) in [6, 6.07) is 1.66. The van der Waals surface area contributed by atoms with E-state index in [-0.39, 0.29) is 17.9 Å². The minimum absolute atomic E-state index is 0.0312. The average Bonchev–Trinajstić information content (AvgIpc) is 3.46. The Kier molecular flexibility index (Phi) is 6.04. The topological polar surface area (TPSA) is 90.5 Å². The SMILES string of the molecule is O=C(NCC1CCCN(C(=O)c2ccnc(N3CCCC3)n2)C1)C1CCCN1. The second kappa shape index (κ2) is 8.86. The predicted molar refractivity (Wildman–Crippen MR) is 106 cm³/mol. The van der Waals surface area contributed by atoms with Crippen molar-refractivity contribution in [1.82, 2.24) is 25.5 Å². The van der Waals surface area contributed by atoms with Crippen LogP contribution in [0.3, 0.4) is 0 Å². The van der Waals surface area contributed by atoms with Crippen LogP contribution in [0.2, 0.25) is 0 Å². The van der Waals surface area contributed by atoms with E-state index in [9.17, 15) is 9.59 Å². The number of piperidine rings is 1. The molecular weight excluding hydrogens is 356 g/mol. The molecule has 3 aliphatic heterocycles. The van der Waals surface area contributed by atoms with Gasteiger partial charge in [-0.2, -0.15) is 0 Å². The van der Waals surface area contributed by atoms with Crippen LogP contribution >= 0.6 is 0 Å². The first kappa shape index (κ1) is 19.1. The molecule has 3 saturated heterocycles. The molecule has 0 aromatic carbocycles. The fourth-order valence-corrected chi connectivity index (χ4v) is 4.39. The Hall–Kier alpha value is -2.22. The van der Waals surface area contributed by atoms with Gasteiger partial charge in [0, 0.05) is 38.9 Å². The largest absolute Gasteiger partial charge is 0.354 e. The van der Waals surface area contributed by atoms with Crippen molar-refractivity contribution in [3.8, 4) is 0 Å². The van der Waals surface area contributed by atoms with E-state index in [1.54, 1.807) is 12.3 Å². The summed E-state index contributed by atoms with van der Waals surface area (Å²) in [4.78, 5) is 38.1. The molecule has 2 N–H and O–H groups in total. The lowest BCUT2D eigenvalue weighted by Gasteiger charge is -2.33. The maximum Gasteiger partial charge on any atom is 0.272 e. The monoisotopic (exact) mass is 386 g/mol. The molecule has 3 fully saturated rings. The number of carbonyl (C=O) groups excluding carboxylic acids is 2. The number of nitrogens with zero attached hydrogens (tertiary/aromatic N) is 4. The Balaban J connectivity index is 1.33. The van der Waals surface area contributed by atoms with Crippen molar-refractivity contribution in [2.75, 3.05) is 44.2 Å². The molecule has 0 spiro atoms. The van der Waals surface area contributed by atoms with Crippen LogP contribution in [0.25, 0.3) is 0 Å². The average molecular weight is 387 g/mol. The summed E-state index contributed by atoms with van der Waals surface area (Å²) in [5.74, 6) is 1.01. The number of amides is 2. The van der Waals surface area contributed by atoms with Crippen LogP contribution in [0.5, 0.6) is 0 Å². The number of likely N-dealkylation sites (tertiary alicyclic amines) is 1. The third-order valence-corrected chi connectivity index (χ3v) is 6.00.